The molecule has 2 aliphatic carbocycles. The number of fused-ring (bicyclic) bond motifs is 1. The van der Waals surface area contributed by atoms with Crippen molar-refractivity contribution >= 4 is 22.8 Å². The van der Waals surface area contributed by atoms with Gasteiger partial charge in [-0.3, -0.25) is 9.59 Å². The molecule has 2 aliphatic rings. The van der Waals surface area contributed by atoms with Crippen molar-refractivity contribution in [3.63, 3.8) is 0 Å². The van der Waals surface area contributed by atoms with E-state index in [9.17, 15) is 9.59 Å². The first-order chi connectivity index (χ1) is 18.0. The Hall–Kier alpha value is -3.15. The van der Waals surface area contributed by atoms with Crippen LogP contribution in [-0.4, -0.2) is 38.3 Å². The number of hydrogen-bond donors (Lipinski definition) is 1. The van der Waals surface area contributed by atoms with Gasteiger partial charge in [0, 0.05) is 17.6 Å². The summed E-state index contributed by atoms with van der Waals surface area (Å²) in [7, 11) is 0. The Balaban J connectivity index is 1.43. The number of para-hydroxylation sites is 2. The van der Waals surface area contributed by atoms with E-state index in [1.54, 1.807) is 0 Å². The van der Waals surface area contributed by atoms with E-state index in [2.05, 4.69) is 10.2 Å². The van der Waals surface area contributed by atoms with Gasteiger partial charge in [0.25, 0.3) is 5.91 Å². The second kappa shape index (κ2) is 11.5. The first-order valence-corrected chi connectivity index (χ1v) is 14.1. The highest BCUT2D eigenvalue weighted by Crippen LogP contribution is 2.31. The van der Waals surface area contributed by atoms with Gasteiger partial charge in [0.15, 0.2) is 0 Å². The lowest BCUT2D eigenvalue weighted by Gasteiger charge is -2.42. The maximum atomic E-state index is 14.1. The number of amides is 2. The predicted octanol–water partition coefficient (Wildman–Crippen LogP) is 6.33. The third-order valence-corrected chi connectivity index (χ3v) is 8.22. The second-order valence-corrected chi connectivity index (χ2v) is 11.0. The third kappa shape index (κ3) is 5.73. The molecule has 3 aromatic rings. The molecular formula is C31H40N4O2. The summed E-state index contributed by atoms with van der Waals surface area (Å²) in [4.78, 5) is 34.3. The van der Waals surface area contributed by atoms with Crippen LogP contribution in [0.15, 0.2) is 48.5 Å². The van der Waals surface area contributed by atoms with Gasteiger partial charge in [0.2, 0.25) is 5.91 Å². The van der Waals surface area contributed by atoms with Gasteiger partial charge < -0.3 is 14.8 Å². The molecule has 1 N–H and O–H groups in total. The maximum Gasteiger partial charge on any atom is 0.251 e. The summed E-state index contributed by atoms with van der Waals surface area (Å²) in [5.41, 5.74) is 3.47. The molecule has 0 saturated heterocycles. The molecule has 1 heterocycles. The first kappa shape index (κ1) is 25.5. The van der Waals surface area contributed by atoms with Gasteiger partial charge in [-0.05, 0) is 63.8 Å². The Kier molecular flexibility index (Phi) is 7.92. The molecule has 2 amide bonds. The maximum absolute atomic E-state index is 14.1. The van der Waals surface area contributed by atoms with E-state index in [1.165, 1.54) is 38.5 Å². The van der Waals surface area contributed by atoms with E-state index in [0.717, 1.165) is 48.1 Å². The molecule has 6 nitrogen and oxygen atoms in total. The lowest BCUT2D eigenvalue weighted by molar-refractivity contribution is -0.138. The van der Waals surface area contributed by atoms with Crippen LogP contribution in [0.5, 0.6) is 0 Å². The molecule has 5 rings (SSSR count). The van der Waals surface area contributed by atoms with E-state index >= 15 is 0 Å². The number of hydrogen-bond acceptors (Lipinski definition) is 3. The van der Waals surface area contributed by atoms with Crippen LogP contribution in [0.1, 0.15) is 98.9 Å². The van der Waals surface area contributed by atoms with Gasteiger partial charge in [0.1, 0.15) is 12.4 Å². The van der Waals surface area contributed by atoms with Crippen molar-refractivity contribution in [2.75, 3.05) is 0 Å². The standard InChI is InChI=1S/C31H40N4O2/c1-22-12-11-13-24(20-22)31(37)32-23(2)30-33-27-18-9-10-19-28(27)34(30)21-29(36)35(25-14-5-3-6-15-25)26-16-7-4-8-17-26/h9-13,18-20,23,25-26H,3-8,14-17,21H2,1-2H3,(H,32,37). The average Bonchev–Trinajstić information content (AvgIpc) is 3.28. The number of carbonyl (C=O) groups is 2. The van der Waals surface area contributed by atoms with Crippen LogP contribution in [0, 0.1) is 6.92 Å². The van der Waals surface area contributed by atoms with Crippen molar-refractivity contribution in [3.8, 4) is 0 Å². The highest BCUT2D eigenvalue weighted by Gasteiger charge is 2.33. The summed E-state index contributed by atoms with van der Waals surface area (Å²) in [5.74, 6) is 0.787. The Labute approximate surface area is 220 Å². The lowest BCUT2D eigenvalue weighted by atomic mass is 9.88. The zero-order valence-electron chi connectivity index (χ0n) is 22.3. The molecule has 37 heavy (non-hydrogen) atoms. The number of carbonyl (C=O) groups excluding carboxylic acids is 2. The normalized spacial score (nSPS) is 18.0. The molecular weight excluding hydrogens is 460 g/mol. The van der Waals surface area contributed by atoms with E-state index in [1.807, 2.05) is 66.9 Å². The van der Waals surface area contributed by atoms with E-state index < -0.39 is 0 Å². The molecule has 0 radical (unpaired) electrons. The largest absolute Gasteiger partial charge is 0.342 e. The summed E-state index contributed by atoms with van der Waals surface area (Å²) in [5, 5.41) is 3.12. The summed E-state index contributed by atoms with van der Waals surface area (Å²) in [6.45, 7) is 4.19. The zero-order valence-corrected chi connectivity index (χ0v) is 22.3. The Morgan fingerprint density at radius 3 is 2.24 bits per heavy atom. The molecule has 1 unspecified atom stereocenters. The highest BCUT2D eigenvalue weighted by molar-refractivity contribution is 5.94. The molecule has 0 bridgehead atoms. The van der Waals surface area contributed by atoms with Crippen LogP contribution in [-0.2, 0) is 11.3 Å². The number of aromatic nitrogens is 2. The average molecular weight is 501 g/mol. The van der Waals surface area contributed by atoms with Crippen LogP contribution < -0.4 is 5.32 Å². The van der Waals surface area contributed by atoms with Crippen LogP contribution >= 0.6 is 0 Å². The van der Waals surface area contributed by atoms with Crippen molar-refractivity contribution in [2.24, 2.45) is 0 Å². The summed E-state index contributed by atoms with van der Waals surface area (Å²) < 4.78 is 2.04. The van der Waals surface area contributed by atoms with E-state index in [-0.39, 0.29) is 24.4 Å². The molecule has 2 saturated carbocycles. The van der Waals surface area contributed by atoms with E-state index in [4.69, 9.17) is 4.98 Å². The Morgan fingerprint density at radius 1 is 0.946 bits per heavy atom. The van der Waals surface area contributed by atoms with Gasteiger partial charge in [0.05, 0.1) is 17.1 Å². The molecule has 1 atom stereocenters. The fourth-order valence-electron chi connectivity index (χ4n) is 6.36. The molecule has 1 aromatic heterocycles. The predicted molar refractivity (Wildman–Crippen MR) is 147 cm³/mol. The van der Waals surface area contributed by atoms with Gasteiger partial charge in [-0.25, -0.2) is 4.98 Å². The number of benzene rings is 2. The molecule has 2 aromatic carbocycles. The number of aryl methyl sites for hydroxylation is 1. The van der Waals surface area contributed by atoms with Crippen LogP contribution in [0.25, 0.3) is 11.0 Å². The van der Waals surface area contributed by atoms with Crippen LogP contribution in [0.2, 0.25) is 0 Å². The van der Waals surface area contributed by atoms with Gasteiger partial charge in [-0.2, -0.15) is 0 Å². The monoisotopic (exact) mass is 500 g/mol. The van der Waals surface area contributed by atoms with Gasteiger partial charge >= 0.3 is 0 Å². The van der Waals surface area contributed by atoms with Crippen molar-refractivity contribution in [1.29, 1.82) is 0 Å². The Bertz CT molecular complexity index is 1220. The minimum absolute atomic E-state index is 0.132. The first-order valence-electron chi connectivity index (χ1n) is 14.1. The lowest BCUT2D eigenvalue weighted by Crippen LogP contribution is -2.50. The zero-order chi connectivity index (χ0) is 25.8. The summed E-state index contributed by atoms with van der Waals surface area (Å²) >= 11 is 0. The second-order valence-electron chi connectivity index (χ2n) is 11.0. The third-order valence-electron chi connectivity index (χ3n) is 8.22. The van der Waals surface area contributed by atoms with E-state index in [0.29, 0.717) is 17.6 Å². The molecule has 0 spiro atoms. The van der Waals surface area contributed by atoms with Gasteiger partial charge in [-0.1, -0.05) is 68.4 Å². The number of imidazole rings is 1. The minimum Gasteiger partial charge on any atom is -0.342 e. The van der Waals surface area contributed by atoms with Crippen LogP contribution in [0.4, 0.5) is 0 Å². The summed E-state index contributed by atoms with van der Waals surface area (Å²) in [6.07, 6.45) is 11.8. The van der Waals surface area contributed by atoms with Crippen molar-refractivity contribution < 1.29 is 9.59 Å². The van der Waals surface area contributed by atoms with Crippen molar-refractivity contribution in [2.45, 2.75) is 103 Å². The smallest absolute Gasteiger partial charge is 0.251 e. The number of nitrogens with zero attached hydrogens (tertiary/aromatic N) is 3. The molecule has 2 fully saturated rings. The number of rotatable bonds is 7. The highest BCUT2D eigenvalue weighted by atomic mass is 16.2. The molecule has 6 heteroatoms. The van der Waals surface area contributed by atoms with Crippen molar-refractivity contribution in [1.82, 2.24) is 19.8 Å². The quantitative estimate of drug-likeness (QED) is 0.412. The van der Waals surface area contributed by atoms with Gasteiger partial charge in [-0.15, -0.1) is 0 Å². The fourth-order valence-corrected chi connectivity index (χ4v) is 6.36. The van der Waals surface area contributed by atoms with Crippen LogP contribution in [0.3, 0.4) is 0 Å². The SMILES string of the molecule is Cc1cccc(C(=O)NC(C)c2nc3ccccc3n2CC(=O)N(C2CCCCC2)C2CCCCC2)c1. The van der Waals surface area contributed by atoms with Crippen molar-refractivity contribution in [3.05, 3.63) is 65.5 Å². The molecule has 0 aliphatic heterocycles. The summed E-state index contributed by atoms with van der Waals surface area (Å²) in [6, 6.07) is 15.9. The Morgan fingerprint density at radius 2 is 1.59 bits per heavy atom. The topological polar surface area (TPSA) is 67.2 Å². The molecule has 196 valence electrons. The number of nitrogens with one attached hydrogen (secondary N) is 1. The fraction of sp³-hybridized carbons (Fsp3) is 0.516. The minimum atomic E-state index is -0.342.